The van der Waals surface area contributed by atoms with Gasteiger partial charge in [-0.25, -0.2) is 4.68 Å². The molecule has 7 nitrogen and oxygen atoms in total. The van der Waals surface area contributed by atoms with E-state index in [2.05, 4.69) is 15.9 Å². The van der Waals surface area contributed by atoms with Crippen LogP contribution in [0.1, 0.15) is 11.1 Å². The summed E-state index contributed by atoms with van der Waals surface area (Å²) in [5.41, 5.74) is 4.49. The lowest BCUT2D eigenvalue weighted by Gasteiger charge is -2.10. The van der Waals surface area contributed by atoms with Gasteiger partial charge in [0.15, 0.2) is 4.67 Å². The Kier molecular flexibility index (Phi) is 3.03. The Morgan fingerprint density at radius 2 is 1.89 bits per heavy atom. The smallest absolute Gasteiger partial charge is 0.289 e. The first kappa shape index (κ1) is 12.7. The molecule has 0 aromatic carbocycles. The summed E-state index contributed by atoms with van der Waals surface area (Å²) in [5.74, 6) is 5.38. The highest BCUT2D eigenvalue weighted by atomic mass is 79.9. The zero-order valence-electron chi connectivity index (χ0n) is 9.35. The number of furan rings is 1. The number of nitriles is 2. The van der Waals surface area contributed by atoms with Gasteiger partial charge in [0.05, 0.1) is 5.56 Å². The summed E-state index contributed by atoms with van der Waals surface area (Å²) in [5, 5.41) is 18.2. The molecule has 0 amide bonds. The van der Waals surface area contributed by atoms with Crippen LogP contribution >= 0.6 is 15.9 Å². The van der Waals surface area contributed by atoms with E-state index in [1.807, 2.05) is 6.07 Å². The van der Waals surface area contributed by atoms with E-state index < -0.39 is 5.56 Å². The minimum Gasteiger partial charge on any atom is -0.449 e. The highest BCUT2D eigenvalue weighted by Gasteiger charge is 2.22. The standard InChI is InChI=1S/C11H6BrN5O2/c12-8-2-1-7(19-8)9-5(3-13)10(15)17(16)11(18)6(9)4-14/h1-2H,15-16H2. The van der Waals surface area contributed by atoms with E-state index in [0.717, 1.165) is 0 Å². The molecule has 0 unspecified atom stereocenters. The van der Waals surface area contributed by atoms with Crippen LogP contribution in [0, 0.1) is 22.7 Å². The van der Waals surface area contributed by atoms with Crippen molar-refractivity contribution in [2.75, 3.05) is 11.6 Å². The predicted molar refractivity (Wildman–Crippen MR) is 70.1 cm³/mol. The fourth-order valence-corrected chi connectivity index (χ4v) is 1.93. The highest BCUT2D eigenvalue weighted by molar-refractivity contribution is 9.10. The quantitative estimate of drug-likeness (QED) is 0.750. The summed E-state index contributed by atoms with van der Waals surface area (Å²) >= 11 is 3.10. The van der Waals surface area contributed by atoms with Gasteiger partial charge in [-0.3, -0.25) is 4.79 Å². The van der Waals surface area contributed by atoms with Gasteiger partial charge in [-0.1, -0.05) is 0 Å². The molecular weight excluding hydrogens is 314 g/mol. The van der Waals surface area contributed by atoms with E-state index >= 15 is 0 Å². The second-order valence-corrected chi connectivity index (χ2v) is 4.29. The van der Waals surface area contributed by atoms with Crippen molar-refractivity contribution < 1.29 is 4.42 Å². The lowest BCUT2D eigenvalue weighted by molar-refractivity contribution is 0.555. The Bertz CT molecular complexity index is 806. The number of hydrogen-bond donors (Lipinski definition) is 2. The molecule has 0 fully saturated rings. The molecule has 0 radical (unpaired) electrons. The summed E-state index contributed by atoms with van der Waals surface area (Å²) in [6, 6.07) is 6.63. The van der Waals surface area contributed by atoms with Gasteiger partial charge in [-0.15, -0.1) is 0 Å². The molecule has 0 saturated heterocycles. The third kappa shape index (κ3) is 1.84. The molecule has 0 spiro atoms. The van der Waals surface area contributed by atoms with Crippen LogP contribution in [0.15, 0.2) is 26.0 Å². The number of rotatable bonds is 1. The first-order chi connectivity index (χ1) is 9.01. The molecule has 0 saturated carbocycles. The number of nitrogens with zero attached hydrogens (tertiary/aromatic N) is 3. The maximum absolute atomic E-state index is 11.9. The van der Waals surface area contributed by atoms with E-state index in [9.17, 15) is 4.79 Å². The van der Waals surface area contributed by atoms with Crippen molar-refractivity contribution in [1.29, 1.82) is 10.5 Å². The Morgan fingerprint density at radius 1 is 1.26 bits per heavy atom. The Morgan fingerprint density at radius 3 is 2.37 bits per heavy atom. The molecule has 8 heteroatoms. The minimum absolute atomic E-state index is 0.0416. The number of nitrogens with two attached hydrogens (primary N) is 2. The van der Waals surface area contributed by atoms with Crippen LogP contribution < -0.4 is 17.1 Å². The lowest BCUT2D eigenvalue weighted by atomic mass is 10.0. The first-order valence-corrected chi connectivity index (χ1v) is 5.70. The van der Waals surface area contributed by atoms with Crippen LogP contribution in [-0.4, -0.2) is 4.68 Å². The van der Waals surface area contributed by atoms with Gasteiger partial charge in [0.25, 0.3) is 5.56 Å². The van der Waals surface area contributed by atoms with E-state index in [1.165, 1.54) is 6.07 Å². The van der Waals surface area contributed by atoms with Gasteiger partial charge in [-0.2, -0.15) is 10.5 Å². The molecule has 0 aliphatic rings. The molecule has 0 bridgehead atoms. The molecule has 2 rings (SSSR count). The fourth-order valence-electron chi connectivity index (χ4n) is 1.62. The van der Waals surface area contributed by atoms with Gasteiger partial charge < -0.3 is 16.0 Å². The molecule has 19 heavy (non-hydrogen) atoms. The van der Waals surface area contributed by atoms with Crippen molar-refractivity contribution in [2.24, 2.45) is 0 Å². The van der Waals surface area contributed by atoms with Crippen molar-refractivity contribution in [3.8, 4) is 23.5 Å². The Balaban J connectivity index is 2.99. The fraction of sp³-hybridized carbons (Fsp3) is 0. The zero-order valence-corrected chi connectivity index (χ0v) is 10.9. The number of aromatic nitrogens is 1. The van der Waals surface area contributed by atoms with Crippen LogP contribution in [0.4, 0.5) is 5.82 Å². The van der Waals surface area contributed by atoms with Gasteiger partial charge in [0.2, 0.25) is 0 Å². The maximum Gasteiger partial charge on any atom is 0.289 e. The van der Waals surface area contributed by atoms with Crippen molar-refractivity contribution >= 4 is 21.7 Å². The van der Waals surface area contributed by atoms with Gasteiger partial charge in [0.1, 0.15) is 34.8 Å². The van der Waals surface area contributed by atoms with E-state index in [0.29, 0.717) is 9.35 Å². The minimum atomic E-state index is -0.790. The molecule has 2 aromatic heterocycles. The monoisotopic (exact) mass is 319 g/mol. The zero-order chi connectivity index (χ0) is 14.2. The molecule has 94 valence electrons. The molecular formula is C11H6BrN5O2. The molecule has 2 heterocycles. The lowest BCUT2D eigenvalue weighted by Crippen LogP contribution is -2.33. The normalized spacial score (nSPS) is 9.84. The van der Waals surface area contributed by atoms with E-state index in [-0.39, 0.29) is 28.3 Å². The van der Waals surface area contributed by atoms with Crippen molar-refractivity contribution in [2.45, 2.75) is 0 Å². The highest BCUT2D eigenvalue weighted by Crippen LogP contribution is 2.31. The molecule has 2 aromatic rings. The number of halogens is 1. The van der Waals surface area contributed by atoms with Crippen molar-refractivity contribution in [3.05, 3.63) is 38.3 Å². The second kappa shape index (κ2) is 4.52. The summed E-state index contributed by atoms with van der Waals surface area (Å²) in [6.07, 6.45) is 0. The second-order valence-electron chi connectivity index (χ2n) is 3.51. The first-order valence-electron chi connectivity index (χ1n) is 4.90. The molecule has 0 atom stereocenters. The van der Waals surface area contributed by atoms with Gasteiger partial charge in [0, 0.05) is 0 Å². The summed E-state index contributed by atoms with van der Waals surface area (Å²) in [6.45, 7) is 0. The summed E-state index contributed by atoms with van der Waals surface area (Å²) in [7, 11) is 0. The Hall–Kier alpha value is -2.71. The van der Waals surface area contributed by atoms with Crippen molar-refractivity contribution in [3.63, 3.8) is 0 Å². The molecule has 0 aliphatic carbocycles. The number of anilines is 1. The van der Waals surface area contributed by atoms with Crippen LogP contribution in [0.5, 0.6) is 0 Å². The van der Waals surface area contributed by atoms with E-state index in [4.69, 9.17) is 26.5 Å². The van der Waals surface area contributed by atoms with E-state index in [1.54, 1.807) is 12.1 Å². The number of nitrogen functional groups attached to an aromatic ring is 2. The van der Waals surface area contributed by atoms with Gasteiger partial charge >= 0.3 is 0 Å². The number of hydrogen-bond acceptors (Lipinski definition) is 6. The maximum atomic E-state index is 11.9. The van der Waals surface area contributed by atoms with Crippen LogP contribution in [0.2, 0.25) is 0 Å². The third-order valence-corrected chi connectivity index (χ3v) is 2.92. The molecule has 4 N–H and O–H groups in total. The SMILES string of the molecule is N#Cc1c(-c2ccc(Br)o2)c(C#N)c(=O)n(N)c1N. The topological polar surface area (TPSA) is 135 Å². The third-order valence-electron chi connectivity index (χ3n) is 2.49. The van der Waals surface area contributed by atoms with Crippen LogP contribution in [-0.2, 0) is 0 Å². The van der Waals surface area contributed by atoms with Crippen LogP contribution in [0.3, 0.4) is 0 Å². The number of pyridine rings is 1. The summed E-state index contributed by atoms with van der Waals surface area (Å²) < 4.78 is 6.24. The molecule has 0 aliphatic heterocycles. The van der Waals surface area contributed by atoms with Crippen molar-refractivity contribution in [1.82, 2.24) is 4.68 Å². The average Bonchev–Trinajstić information content (AvgIpc) is 2.82. The largest absolute Gasteiger partial charge is 0.449 e. The summed E-state index contributed by atoms with van der Waals surface area (Å²) in [4.78, 5) is 11.9. The average molecular weight is 320 g/mol. The van der Waals surface area contributed by atoms with Gasteiger partial charge in [-0.05, 0) is 28.1 Å². The van der Waals surface area contributed by atoms with Crippen LogP contribution in [0.25, 0.3) is 11.3 Å². The Labute approximate surface area is 115 Å². The predicted octanol–water partition coefficient (Wildman–Crippen LogP) is 0.910.